The summed E-state index contributed by atoms with van der Waals surface area (Å²) in [5, 5.41) is 7.38. The van der Waals surface area contributed by atoms with E-state index in [4.69, 9.17) is 16.3 Å². The molecule has 1 amide bonds. The smallest absolute Gasteiger partial charge is 0.300 e. The molecule has 1 saturated carbocycles. The third-order valence-electron chi connectivity index (χ3n) is 7.31. The van der Waals surface area contributed by atoms with E-state index in [1.54, 1.807) is 25.3 Å². The van der Waals surface area contributed by atoms with Crippen molar-refractivity contribution in [3.63, 3.8) is 0 Å². The van der Waals surface area contributed by atoms with Crippen molar-refractivity contribution in [2.24, 2.45) is 17.8 Å². The number of fused-ring (bicyclic) bond motifs is 2. The number of halogens is 1. The lowest BCUT2D eigenvalue weighted by Gasteiger charge is -2.13. The number of hydrogen-bond acceptors (Lipinski definition) is 7. The van der Waals surface area contributed by atoms with E-state index in [1.165, 1.54) is 6.33 Å². The molecule has 0 bridgehead atoms. The summed E-state index contributed by atoms with van der Waals surface area (Å²) in [5.74, 6) is 14.3. The zero-order valence-electron chi connectivity index (χ0n) is 22.6. The lowest BCUT2D eigenvalue weighted by Crippen LogP contribution is -2.18. The van der Waals surface area contributed by atoms with Crippen molar-refractivity contribution in [3.05, 3.63) is 77.3 Å². The molecule has 2 aromatic carbocycles. The van der Waals surface area contributed by atoms with Gasteiger partial charge in [-0.2, -0.15) is 0 Å². The monoisotopic (exact) mass is 562 g/mol. The molecule has 2 aromatic heterocycles. The fourth-order valence-corrected chi connectivity index (χ4v) is 5.49. The maximum absolute atomic E-state index is 12.4. The van der Waals surface area contributed by atoms with E-state index in [2.05, 4.69) is 61.2 Å². The second-order valence-corrected chi connectivity index (χ2v) is 10.6. The van der Waals surface area contributed by atoms with Crippen molar-refractivity contribution in [2.45, 2.75) is 13.5 Å². The molecule has 4 aromatic rings. The predicted molar refractivity (Wildman–Crippen MR) is 160 cm³/mol. The molecule has 3 atom stereocenters. The van der Waals surface area contributed by atoms with Gasteiger partial charge in [0.25, 0.3) is 5.91 Å². The minimum atomic E-state index is -0.403. The summed E-state index contributed by atoms with van der Waals surface area (Å²) in [6.07, 6.45) is 3.22. The molecule has 9 heteroatoms. The van der Waals surface area contributed by atoms with Gasteiger partial charge in [0.1, 0.15) is 24.5 Å². The Bertz CT molecular complexity index is 1740. The summed E-state index contributed by atoms with van der Waals surface area (Å²) in [4.78, 5) is 28.0. The number of piperidine rings is 1. The van der Waals surface area contributed by atoms with E-state index in [1.807, 2.05) is 36.4 Å². The molecular weight excluding hydrogens is 536 g/mol. The van der Waals surface area contributed by atoms with Crippen LogP contribution < -0.4 is 15.4 Å². The van der Waals surface area contributed by atoms with Gasteiger partial charge in [0.15, 0.2) is 0 Å². The number of pyridine rings is 1. The number of benzene rings is 2. The van der Waals surface area contributed by atoms with Crippen molar-refractivity contribution in [2.75, 3.05) is 30.8 Å². The molecule has 0 spiro atoms. The highest BCUT2D eigenvalue weighted by Gasteiger charge is 2.53. The Morgan fingerprint density at radius 2 is 1.98 bits per heavy atom. The largest absolute Gasteiger partial charge is 0.486 e. The first-order valence-corrected chi connectivity index (χ1v) is 13.7. The Balaban J connectivity index is 1.26. The molecule has 2 fully saturated rings. The number of rotatable bonds is 6. The molecular formula is C32H27ClN6O2. The van der Waals surface area contributed by atoms with E-state index >= 15 is 0 Å². The molecule has 8 nitrogen and oxygen atoms in total. The standard InChI is InChI=1S/C32H27ClN6O2/c1-3-6-31(40)38-28-15-24-29(13-20(28)8-10-23-25-16-39(2)17-26(23)25)35-19-36-32(24)37-21-9-11-30(27(33)14-21)41-18-22-7-4-5-12-34-22/h4-5,7,9,11-15,19,23,25-26H,16-18H2,1-2H3,(H,38,40)(H,35,36,37)/t23?,25-,26+. The number of anilines is 3. The van der Waals surface area contributed by atoms with Crippen LogP contribution in [0.3, 0.4) is 0 Å². The Kier molecular flexibility index (Phi) is 7.43. The van der Waals surface area contributed by atoms with Gasteiger partial charge in [-0.25, -0.2) is 9.97 Å². The molecule has 2 N–H and O–H groups in total. The topological polar surface area (TPSA) is 92.3 Å². The number of nitrogens with zero attached hydrogens (tertiary/aromatic N) is 4. The van der Waals surface area contributed by atoms with Crippen LogP contribution in [0.25, 0.3) is 10.9 Å². The average molecular weight is 563 g/mol. The van der Waals surface area contributed by atoms with Crippen LogP contribution in [0.5, 0.6) is 5.75 Å². The van der Waals surface area contributed by atoms with E-state index in [9.17, 15) is 4.79 Å². The van der Waals surface area contributed by atoms with Crippen molar-refractivity contribution in [1.29, 1.82) is 0 Å². The van der Waals surface area contributed by atoms with Crippen LogP contribution >= 0.6 is 11.6 Å². The first kappa shape index (κ1) is 26.6. The van der Waals surface area contributed by atoms with Gasteiger partial charge >= 0.3 is 0 Å². The normalized spacial score (nSPS) is 18.9. The molecule has 0 radical (unpaired) electrons. The highest BCUT2D eigenvalue weighted by Crippen LogP contribution is 2.50. The Labute approximate surface area is 243 Å². The summed E-state index contributed by atoms with van der Waals surface area (Å²) in [6, 6.07) is 14.8. The second kappa shape index (κ2) is 11.5. The number of hydrogen-bond donors (Lipinski definition) is 2. The lowest BCUT2D eigenvalue weighted by molar-refractivity contribution is -0.111. The van der Waals surface area contributed by atoms with Gasteiger partial charge < -0.3 is 20.3 Å². The Morgan fingerprint density at radius 1 is 1.12 bits per heavy atom. The third kappa shape index (κ3) is 5.95. The number of aromatic nitrogens is 3. The summed E-state index contributed by atoms with van der Waals surface area (Å²) in [6.45, 7) is 4.10. The molecule has 3 heterocycles. The van der Waals surface area contributed by atoms with Crippen molar-refractivity contribution >= 4 is 45.6 Å². The molecule has 41 heavy (non-hydrogen) atoms. The summed E-state index contributed by atoms with van der Waals surface area (Å²) in [7, 11) is 2.15. The summed E-state index contributed by atoms with van der Waals surface area (Å²) >= 11 is 6.53. The maximum atomic E-state index is 12.4. The van der Waals surface area contributed by atoms with Gasteiger partial charge in [0.05, 0.1) is 27.5 Å². The van der Waals surface area contributed by atoms with Crippen LogP contribution in [-0.4, -0.2) is 45.9 Å². The molecule has 1 aliphatic carbocycles. The highest BCUT2D eigenvalue weighted by molar-refractivity contribution is 6.32. The van der Waals surface area contributed by atoms with Crippen LogP contribution in [0.1, 0.15) is 18.2 Å². The quantitative estimate of drug-likeness (QED) is 0.315. The Hall–Kier alpha value is -4.63. The summed E-state index contributed by atoms with van der Waals surface area (Å²) < 4.78 is 5.84. The third-order valence-corrected chi connectivity index (χ3v) is 7.60. The lowest BCUT2D eigenvalue weighted by atomic mass is 10.1. The molecule has 1 aliphatic heterocycles. The highest BCUT2D eigenvalue weighted by atomic mass is 35.5. The van der Waals surface area contributed by atoms with Gasteiger partial charge in [0.2, 0.25) is 0 Å². The van der Waals surface area contributed by atoms with Crippen molar-refractivity contribution < 1.29 is 9.53 Å². The van der Waals surface area contributed by atoms with E-state index in [0.29, 0.717) is 63.1 Å². The number of carbonyl (C=O) groups is 1. The first-order chi connectivity index (χ1) is 20.0. The van der Waals surface area contributed by atoms with Gasteiger partial charge in [0, 0.05) is 36.3 Å². The minimum Gasteiger partial charge on any atom is -0.486 e. The summed E-state index contributed by atoms with van der Waals surface area (Å²) in [5.41, 5.74) is 3.49. The van der Waals surface area contributed by atoms with Crippen molar-refractivity contribution in [1.82, 2.24) is 19.9 Å². The first-order valence-electron chi connectivity index (χ1n) is 13.3. The van der Waals surface area contributed by atoms with E-state index in [0.717, 1.165) is 24.5 Å². The van der Waals surface area contributed by atoms with Crippen LogP contribution in [0, 0.1) is 41.4 Å². The van der Waals surface area contributed by atoms with Gasteiger partial charge in [-0.1, -0.05) is 35.4 Å². The van der Waals surface area contributed by atoms with Gasteiger partial charge in [-0.3, -0.25) is 9.78 Å². The van der Waals surface area contributed by atoms with Crippen LogP contribution in [0.15, 0.2) is 61.1 Å². The fraction of sp³-hybridized carbons (Fsp3) is 0.250. The Morgan fingerprint density at radius 3 is 2.73 bits per heavy atom. The van der Waals surface area contributed by atoms with Gasteiger partial charge in [-0.05, 0) is 74.2 Å². The van der Waals surface area contributed by atoms with Crippen LogP contribution in [-0.2, 0) is 11.4 Å². The number of ether oxygens (including phenoxy) is 1. The van der Waals surface area contributed by atoms with Crippen LogP contribution in [0.2, 0.25) is 5.02 Å². The zero-order chi connectivity index (χ0) is 28.3. The number of nitrogens with one attached hydrogen (secondary N) is 2. The predicted octanol–water partition coefficient (Wildman–Crippen LogP) is 5.12. The molecule has 2 aliphatic rings. The molecule has 6 rings (SSSR count). The molecule has 1 unspecified atom stereocenters. The van der Waals surface area contributed by atoms with Crippen LogP contribution in [0.4, 0.5) is 17.2 Å². The fourth-order valence-electron chi connectivity index (χ4n) is 5.26. The molecule has 1 saturated heterocycles. The maximum Gasteiger partial charge on any atom is 0.300 e. The number of carbonyl (C=O) groups excluding carboxylic acids is 1. The average Bonchev–Trinajstić information content (AvgIpc) is 3.43. The second-order valence-electron chi connectivity index (χ2n) is 10.2. The zero-order valence-corrected chi connectivity index (χ0v) is 23.4. The molecule has 204 valence electrons. The number of likely N-dealkylation sites (tertiary alicyclic amines) is 1. The van der Waals surface area contributed by atoms with Gasteiger partial charge in [-0.15, -0.1) is 0 Å². The van der Waals surface area contributed by atoms with E-state index in [-0.39, 0.29) is 0 Å². The number of amides is 1. The van der Waals surface area contributed by atoms with Crippen molar-refractivity contribution in [3.8, 4) is 29.4 Å². The SMILES string of the molecule is CC#CC(=O)Nc1cc2c(Nc3ccc(OCc4ccccn4)c(Cl)c3)ncnc2cc1C#CC1[C@H]2CN(C)C[C@@H]12. The minimum absolute atomic E-state index is 0.311. The van der Waals surface area contributed by atoms with E-state index < -0.39 is 5.91 Å².